The molecule has 2 heterocycles. The summed E-state index contributed by atoms with van der Waals surface area (Å²) in [6, 6.07) is 3.48. The predicted octanol–water partition coefficient (Wildman–Crippen LogP) is 1.69. The molecule has 4 nitrogen and oxygen atoms in total. The Bertz CT molecular complexity index is 352. The summed E-state index contributed by atoms with van der Waals surface area (Å²) in [4.78, 5) is 16.3. The van der Waals surface area contributed by atoms with Crippen molar-refractivity contribution < 1.29 is 9.21 Å². The monoisotopic (exact) mass is 236 g/mol. The van der Waals surface area contributed by atoms with Gasteiger partial charge in [-0.25, -0.2) is 0 Å². The molecular weight excluding hydrogens is 216 g/mol. The molecule has 0 aromatic carbocycles. The second-order valence-corrected chi connectivity index (χ2v) is 4.96. The van der Waals surface area contributed by atoms with Crippen molar-refractivity contribution in [2.24, 2.45) is 5.92 Å². The molecule has 0 bridgehead atoms. The highest BCUT2D eigenvalue weighted by atomic mass is 16.3. The van der Waals surface area contributed by atoms with Crippen LogP contribution in [0.4, 0.5) is 0 Å². The number of hydrogen-bond donors (Lipinski definition) is 0. The standard InChI is InChI=1S/C13H20N2O2/c1-11(2)10-14-5-7-15(8-6-14)13(16)12-4-3-9-17-12/h3-4,9,11H,5-8,10H2,1-2H3. The van der Waals surface area contributed by atoms with E-state index < -0.39 is 0 Å². The van der Waals surface area contributed by atoms with Gasteiger partial charge in [0.1, 0.15) is 0 Å². The second-order valence-electron chi connectivity index (χ2n) is 4.96. The van der Waals surface area contributed by atoms with Gasteiger partial charge in [-0.05, 0) is 18.1 Å². The van der Waals surface area contributed by atoms with Gasteiger partial charge in [0.25, 0.3) is 5.91 Å². The summed E-state index contributed by atoms with van der Waals surface area (Å²) in [6.07, 6.45) is 1.54. The second kappa shape index (κ2) is 5.36. The van der Waals surface area contributed by atoms with Crippen LogP contribution in [0.3, 0.4) is 0 Å². The van der Waals surface area contributed by atoms with Crippen LogP contribution in [0.15, 0.2) is 22.8 Å². The third-order valence-electron chi connectivity index (χ3n) is 3.01. The number of nitrogens with zero attached hydrogens (tertiary/aromatic N) is 2. The van der Waals surface area contributed by atoms with Gasteiger partial charge in [-0.3, -0.25) is 9.69 Å². The molecular formula is C13H20N2O2. The fourth-order valence-corrected chi connectivity index (χ4v) is 2.21. The Balaban J connectivity index is 1.85. The normalized spacial score (nSPS) is 17.7. The van der Waals surface area contributed by atoms with Crippen LogP contribution in [-0.2, 0) is 0 Å². The van der Waals surface area contributed by atoms with Gasteiger partial charge >= 0.3 is 0 Å². The minimum atomic E-state index is 0.0131. The van der Waals surface area contributed by atoms with E-state index in [0.29, 0.717) is 11.7 Å². The van der Waals surface area contributed by atoms with E-state index in [-0.39, 0.29) is 5.91 Å². The summed E-state index contributed by atoms with van der Waals surface area (Å²) in [5.41, 5.74) is 0. The van der Waals surface area contributed by atoms with Crippen molar-refractivity contribution in [2.75, 3.05) is 32.7 Å². The van der Waals surface area contributed by atoms with Gasteiger partial charge in [-0.2, -0.15) is 0 Å². The van der Waals surface area contributed by atoms with Crippen LogP contribution in [0.2, 0.25) is 0 Å². The largest absolute Gasteiger partial charge is 0.459 e. The number of carbonyl (C=O) groups excluding carboxylic acids is 1. The number of rotatable bonds is 3. The van der Waals surface area contributed by atoms with E-state index in [0.717, 1.165) is 32.7 Å². The molecule has 0 N–H and O–H groups in total. The molecule has 94 valence electrons. The van der Waals surface area contributed by atoms with Gasteiger partial charge in [0.05, 0.1) is 6.26 Å². The van der Waals surface area contributed by atoms with Gasteiger partial charge < -0.3 is 9.32 Å². The van der Waals surface area contributed by atoms with E-state index >= 15 is 0 Å². The SMILES string of the molecule is CC(C)CN1CCN(C(=O)c2ccco2)CC1. The quantitative estimate of drug-likeness (QED) is 0.801. The summed E-state index contributed by atoms with van der Waals surface area (Å²) in [6.45, 7) is 9.08. The molecule has 17 heavy (non-hydrogen) atoms. The lowest BCUT2D eigenvalue weighted by Gasteiger charge is -2.35. The molecule has 0 radical (unpaired) electrons. The molecule has 0 spiro atoms. The number of furan rings is 1. The van der Waals surface area contributed by atoms with Crippen molar-refractivity contribution in [2.45, 2.75) is 13.8 Å². The Hall–Kier alpha value is -1.29. The molecule has 4 heteroatoms. The van der Waals surface area contributed by atoms with Crippen LogP contribution in [0.5, 0.6) is 0 Å². The Labute approximate surface area is 102 Å². The lowest BCUT2D eigenvalue weighted by Crippen LogP contribution is -2.49. The highest BCUT2D eigenvalue weighted by Crippen LogP contribution is 2.10. The Kier molecular flexibility index (Phi) is 3.84. The summed E-state index contributed by atoms with van der Waals surface area (Å²) < 4.78 is 5.14. The van der Waals surface area contributed by atoms with Crippen molar-refractivity contribution >= 4 is 5.91 Å². The maximum absolute atomic E-state index is 12.0. The maximum Gasteiger partial charge on any atom is 0.289 e. The molecule has 1 aliphatic heterocycles. The van der Waals surface area contributed by atoms with E-state index in [1.165, 1.54) is 0 Å². The van der Waals surface area contributed by atoms with Crippen LogP contribution >= 0.6 is 0 Å². The zero-order valence-corrected chi connectivity index (χ0v) is 10.6. The Morgan fingerprint density at radius 2 is 2.06 bits per heavy atom. The lowest BCUT2D eigenvalue weighted by molar-refractivity contribution is 0.0593. The molecule has 0 saturated carbocycles. The van der Waals surface area contributed by atoms with Crippen LogP contribution in [-0.4, -0.2) is 48.4 Å². The minimum absolute atomic E-state index is 0.0131. The van der Waals surface area contributed by atoms with Crippen LogP contribution in [0.25, 0.3) is 0 Å². The van der Waals surface area contributed by atoms with Crippen molar-refractivity contribution in [3.8, 4) is 0 Å². The van der Waals surface area contributed by atoms with Gasteiger partial charge in [-0.15, -0.1) is 0 Å². The number of carbonyl (C=O) groups is 1. The summed E-state index contributed by atoms with van der Waals surface area (Å²) in [5, 5.41) is 0. The van der Waals surface area contributed by atoms with Crippen LogP contribution in [0, 0.1) is 5.92 Å². The first-order valence-electron chi connectivity index (χ1n) is 6.22. The molecule has 1 aromatic heterocycles. The first-order valence-corrected chi connectivity index (χ1v) is 6.22. The van der Waals surface area contributed by atoms with E-state index in [4.69, 9.17) is 4.42 Å². The van der Waals surface area contributed by atoms with Crippen molar-refractivity contribution in [1.29, 1.82) is 0 Å². The van der Waals surface area contributed by atoms with Crippen molar-refractivity contribution in [1.82, 2.24) is 9.80 Å². The summed E-state index contributed by atoms with van der Waals surface area (Å²) in [5.74, 6) is 1.14. The molecule has 2 rings (SSSR count). The Morgan fingerprint density at radius 1 is 1.35 bits per heavy atom. The van der Waals surface area contributed by atoms with E-state index in [1.54, 1.807) is 18.4 Å². The minimum Gasteiger partial charge on any atom is -0.459 e. The zero-order valence-electron chi connectivity index (χ0n) is 10.6. The van der Waals surface area contributed by atoms with Gasteiger partial charge in [0, 0.05) is 32.7 Å². The molecule has 1 aromatic rings. The topological polar surface area (TPSA) is 36.7 Å². The van der Waals surface area contributed by atoms with E-state index in [2.05, 4.69) is 18.7 Å². The highest BCUT2D eigenvalue weighted by Gasteiger charge is 2.23. The molecule has 1 amide bonds. The number of hydrogen-bond acceptors (Lipinski definition) is 3. The van der Waals surface area contributed by atoms with Crippen LogP contribution in [0.1, 0.15) is 24.4 Å². The van der Waals surface area contributed by atoms with Crippen LogP contribution < -0.4 is 0 Å². The molecule has 1 saturated heterocycles. The van der Waals surface area contributed by atoms with Gasteiger partial charge in [0.2, 0.25) is 0 Å². The molecule has 0 aliphatic carbocycles. The highest BCUT2D eigenvalue weighted by molar-refractivity contribution is 5.91. The third-order valence-corrected chi connectivity index (χ3v) is 3.01. The number of piperazine rings is 1. The summed E-state index contributed by atoms with van der Waals surface area (Å²) >= 11 is 0. The van der Waals surface area contributed by atoms with Gasteiger partial charge in [-0.1, -0.05) is 13.8 Å². The average Bonchev–Trinajstić information content (AvgIpc) is 2.82. The third kappa shape index (κ3) is 3.09. The fourth-order valence-electron chi connectivity index (χ4n) is 2.21. The van der Waals surface area contributed by atoms with Crippen molar-refractivity contribution in [3.05, 3.63) is 24.2 Å². The first kappa shape index (κ1) is 12.2. The lowest BCUT2D eigenvalue weighted by atomic mass is 10.2. The van der Waals surface area contributed by atoms with Crippen molar-refractivity contribution in [3.63, 3.8) is 0 Å². The maximum atomic E-state index is 12.0. The first-order chi connectivity index (χ1) is 8.16. The van der Waals surface area contributed by atoms with Gasteiger partial charge in [0.15, 0.2) is 5.76 Å². The molecule has 1 aliphatic rings. The summed E-state index contributed by atoms with van der Waals surface area (Å²) in [7, 11) is 0. The van der Waals surface area contributed by atoms with E-state index in [1.807, 2.05) is 4.90 Å². The molecule has 0 atom stereocenters. The smallest absolute Gasteiger partial charge is 0.289 e. The molecule has 1 fully saturated rings. The van der Waals surface area contributed by atoms with E-state index in [9.17, 15) is 4.79 Å². The average molecular weight is 236 g/mol. The number of amides is 1. The zero-order chi connectivity index (χ0) is 12.3. The predicted molar refractivity (Wildman–Crippen MR) is 65.9 cm³/mol. The Morgan fingerprint density at radius 3 is 2.59 bits per heavy atom. The fraction of sp³-hybridized carbons (Fsp3) is 0.615. The molecule has 0 unspecified atom stereocenters.